The molecule has 104 valence electrons. The maximum atomic E-state index is 12.8. The number of benzene rings is 1. The van der Waals surface area contributed by atoms with E-state index in [-0.39, 0.29) is 5.78 Å². The predicted octanol–water partition coefficient (Wildman–Crippen LogP) is 4.92. The highest BCUT2D eigenvalue weighted by Gasteiger charge is 2.39. The molecule has 1 saturated carbocycles. The second-order valence-electron chi connectivity index (χ2n) is 5.07. The molecule has 1 aliphatic rings. The van der Waals surface area contributed by atoms with Crippen molar-refractivity contribution >= 4 is 29.0 Å². The van der Waals surface area contributed by atoms with E-state index in [2.05, 4.69) is 0 Å². The van der Waals surface area contributed by atoms with Gasteiger partial charge < -0.3 is 4.74 Å². The van der Waals surface area contributed by atoms with Crippen molar-refractivity contribution in [3.8, 4) is 0 Å². The minimum Gasteiger partial charge on any atom is -0.370 e. The van der Waals surface area contributed by atoms with Crippen LogP contribution in [0.15, 0.2) is 18.2 Å². The van der Waals surface area contributed by atoms with E-state index in [9.17, 15) is 4.79 Å². The van der Waals surface area contributed by atoms with Gasteiger partial charge in [0, 0.05) is 17.7 Å². The molecule has 0 aliphatic heterocycles. The number of halogens is 2. The monoisotopic (exact) mass is 300 g/mol. The van der Waals surface area contributed by atoms with Gasteiger partial charge in [-0.2, -0.15) is 0 Å². The number of carbonyl (C=O) groups is 1. The molecular weight excluding hydrogens is 283 g/mol. The summed E-state index contributed by atoms with van der Waals surface area (Å²) in [6.07, 6.45) is 5.84. The molecule has 0 bridgehead atoms. The molecule has 0 unspecified atom stereocenters. The second kappa shape index (κ2) is 6.25. The zero-order valence-electron chi connectivity index (χ0n) is 11.0. The number of ether oxygens (including phenoxy) is 1. The molecule has 0 aromatic heterocycles. The van der Waals surface area contributed by atoms with Crippen molar-refractivity contribution < 1.29 is 9.53 Å². The van der Waals surface area contributed by atoms with Crippen LogP contribution in [0.1, 0.15) is 48.9 Å². The molecule has 1 aliphatic carbocycles. The molecule has 0 radical (unpaired) electrons. The van der Waals surface area contributed by atoms with Gasteiger partial charge in [0.05, 0.1) is 5.02 Å². The highest BCUT2D eigenvalue weighted by molar-refractivity contribution is 6.36. The summed E-state index contributed by atoms with van der Waals surface area (Å²) in [5.74, 6) is -0.0376. The predicted molar refractivity (Wildman–Crippen MR) is 78.2 cm³/mol. The first kappa shape index (κ1) is 14.8. The fraction of sp³-hybridized carbons (Fsp3) is 0.533. The standard InChI is InChI=1S/C15H18Cl2O2/c1-19-15(8-4-2-3-5-9-15)14(18)12-10-11(16)6-7-13(12)17/h6-7,10H,2-5,8-9H2,1H3. The lowest BCUT2D eigenvalue weighted by Gasteiger charge is -2.30. The van der Waals surface area contributed by atoms with Crippen molar-refractivity contribution in [3.05, 3.63) is 33.8 Å². The van der Waals surface area contributed by atoms with Crippen molar-refractivity contribution in [1.29, 1.82) is 0 Å². The van der Waals surface area contributed by atoms with Crippen LogP contribution in [0.5, 0.6) is 0 Å². The lowest BCUT2D eigenvalue weighted by molar-refractivity contribution is -0.00691. The van der Waals surface area contributed by atoms with Crippen LogP contribution in [-0.2, 0) is 4.74 Å². The van der Waals surface area contributed by atoms with Crippen LogP contribution in [0.2, 0.25) is 10.0 Å². The Kier molecular flexibility index (Phi) is 4.88. The molecule has 0 N–H and O–H groups in total. The van der Waals surface area contributed by atoms with Gasteiger partial charge in [0.2, 0.25) is 0 Å². The average Bonchev–Trinajstić information content (AvgIpc) is 2.67. The smallest absolute Gasteiger partial charge is 0.196 e. The summed E-state index contributed by atoms with van der Waals surface area (Å²) in [6, 6.07) is 4.99. The normalized spacial score (nSPS) is 18.9. The first-order valence-electron chi connectivity index (χ1n) is 6.64. The van der Waals surface area contributed by atoms with E-state index in [1.54, 1.807) is 25.3 Å². The van der Waals surface area contributed by atoms with Crippen molar-refractivity contribution in [2.45, 2.75) is 44.1 Å². The fourth-order valence-electron chi connectivity index (χ4n) is 2.74. The van der Waals surface area contributed by atoms with Gasteiger partial charge >= 0.3 is 0 Å². The van der Waals surface area contributed by atoms with Gasteiger partial charge in [0.25, 0.3) is 0 Å². The molecule has 0 saturated heterocycles. The number of rotatable bonds is 3. The van der Waals surface area contributed by atoms with Gasteiger partial charge in [0.1, 0.15) is 5.60 Å². The molecule has 19 heavy (non-hydrogen) atoms. The summed E-state index contributed by atoms with van der Waals surface area (Å²) in [6.45, 7) is 0. The molecule has 0 heterocycles. The van der Waals surface area contributed by atoms with Crippen LogP contribution < -0.4 is 0 Å². The van der Waals surface area contributed by atoms with E-state index in [1.807, 2.05) is 0 Å². The lowest BCUT2D eigenvalue weighted by atomic mass is 9.85. The fourth-order valence-corrected chi connectivity index (χ4v) is 3.12. The van der Waals surface area contributed by atoms with E-state index in [0.29, 0.717) is 15.6 Å². The minimum atomic E-state index is -0.731. The van der Waals surface area contributed by atoms with Gasteiger partial charge in [-0.1, -0.05) is 48.9 Å². The van der Waals surface area contributed by atoms with Crippen LogP contribution in [0.25, 0.3) is 0 Å². The zero-order valence-corrected chi connectivity index (χ0v) is 12.6. The van der Waals surface area contributed by atoms with Crippen molar-refractivity contribution in [1.82, 2.24) is 0 Å². The molecule has 0 atom stereocenters. The first-order valence-corrected chi connectivity index (χ1v) is 7.40. The molecule has 2 rings (SSSR count). The highest BCUT2D eigenvalue weighted by atomic mass is 35.5. The Morgan fingerprint density at radius 3 is 2.37 bits per heavy atom. The van der Waals surface area contributed by atoms with Gasteiger partial charge in [-0.15, -0.1) is 0 Å². The number of Topliss-reactive ketones (excluding diaryl/α,β-unsaturated/α-hetero) is 1. The largest absolute Gasteiger partial charge is 0.370 e. The zero-order chi connectivity index (χ0) is 13.9. The lowest BCUT2D eigenvalue weighted by Crippen LogP contribution is -2.40. The van der Waals surface area contributed by atoms with E-state index in [4.69, 9.17) is 27.9 Å². The van der Waals surface area contributed by atoms with Crippen LogP contribution in [0.4, 0.5) is 0 Å². The quantitative estimate of drug-likeness (QED) is 0.585. The molecule has 0 amide bonds. The van der Waals surface area contributed by atoms with Gasteiger partial charge in [-0.25, -0.2) is 0 Å². The molecule has 1 aromatic rings. The SMILES string of the molecule is COC1(C(=O)c2cc(Cl)ccc2Cl)CCCCCC1. The van der Waals surface area contributed by atoms with Gasteiger partial charge in [-0.3, -0.25) is 4.79 Å². The topological polar surface area (TPSA) is 26.3 Å². The van der Waals surface area contributed by atoms with Crippen molar-refractivity contribution in [3.63, 3.8) is 0 Å². The number of ketones is 1. The number of carbonyl (C=O) groups excluding carboxylic acids is 1. The Hall–Kier alpha value is -0.570. The van der Waals surface area contributed by atoms with E-state index in [0.717, 1.165) is 38.5 Å². The number of methoxy groups -OCH3 is 1. The van der Waals surface area contributed by atoms with E-state index in [1.165, 1.54) is 0 Å². The summed E-state index contributed by atoms with van der Waals surface area (Å²) >= 11 is 12.1. The van der Waals surface area contributed by atoms with Gasteiger partial charge in [-0.05, 0) is 31.0 Å². The first-order chi connectivity index (χ1) is 9.09. The minimum absolute atomic E-state index is 0.0376. The Morgan fingerprint density at radius 2 is 1.79 bits per heavy atom. The maximum Gasteiger partial charge on any atom is 0.196 e. The Labute approximate surface area is 124 Å². The van der Waals surface area contributed by atoms with Crippen LogP contribution in [0.3, 0.4) is 0 Å². The molecular formula is C15H18Cl2O2. The number of hydrogen-bond acceptors (Lipinski definition) is 2. The highest BCUT2D eigenvalue weighted by Crippen LogP contribution is 2.35. The third-order valence-corrected chi connectivity index (χ3v) is 4.45. The molecule has 1 fully saturated rings. The third kappa shape index (κ3) is 3.13. The average molecular weight is 301 g/mol. The summed E-state index contributed by atoms with van der Waals surface area (Å²) in [5, 5.41) is 0.961. The Balaban J connectivity index is 2.36. The second-order valence-corrected chi connectivity index (χ2v) is 5.91. The molecule has 2 nitrogen and oxygen atoms in total. The van der Waals surface area contributed by atoms with Gasteiger partial charge in [0.15, 0.2) is 5.78 Å². The van der Waals surface area contributed by atoms with E-state index < -0.39 is 5.60 Å². The Bertz CT molecular complexity index is 463. The van der Waals surface area contributed by atoms with Crippen molar-refractivity contribution in [2.24, 2.45) is 0 Å². The summed E-state index contributed by atoms with van der Waals surface area (Å²) < 4.78 is 5.62. The molecule has 0 spiro atoms. The van der Waals surface area contributed by atoms with Crippen LogP contribution >= 0.6 is 23.2 Å². The summed E-state index contributed by atoms with van der Waals surface area (Å²) in [5.41, 5.74) is -0.261. The van der Waals surface area contributed by atoms with Crippen molar-refractivity contribution in [2.75, 3.05) is 7.11 Å². The van der Waals surface area contributed by atoms with E-state index >= 15 is 0 Å². The number of hydrogen-bond donors (Lipinski definition) is 0. The summed E-state index contributed by atoms with van der Waals surface area (Å²) in [7, 11) is 1.61. The Morgan fingerprint density at radius 1 is 1.16 bits per heavy atom. The maximum absolute atomic E-state index is 12.8. The molecule has 1 aromatic carbocycles. The van der Waals surface area contributed by atoms with Crippen LogP contribution in [-0.4, -0.2) is 18.5 Å². The summed E-state index contributed by atoms with van der Waals surface area (Å²) in [4.78, 5) is 12.8. The van der Waals surface area contributed by atoms with Crippen LogP contribution in [0, 0.1) is 0 Å². The molecule has 4 heteroatoms. The third-order valence-electron chi connectivity index (χ3n) is 3.89.